The number of carboxylic acid groups (broad SMARTS) is 1. The van der Waals surface area contributed by atoms with Crippen LogP contribution < -0.4 is 10.4 Å². The zero-order valence-electron chi connectivity index (χ0n) is 12.3. The van der Waals surface area contributed by atoms with Gasteiger partial charge >= 0.3 is 11.5 Å². The zero-order valence-corrected chi connectivity index (χ0v) is 14.5. The summed E-state index contributed by atoms with van der Waals surface area (Å²) in [5.41, 5.74) is -0.0255. The lowest BCUT2D eigenvalue weighted by Crippen LogP contribution is -2.34. The van der Waals surface area contributed by atoms with E-state index in [1.807, 2.05) is 36.4 Å². The Labute approximate surface area is 140 Å². The molecule has 22 heavy (non-hydrogen) atoms. The molecule has 0 aliphatic heterocycles. The SMILES string of the molecule is CCCCOn1c(=O)c(C(=O)O)c(I)c2c(CC)ncnc21. The van der Waals surface area contributed by atoms with Crippen molar-refractivity contribution >= 4 is 39.6 Å². The second-order valence-electron chi connectivity index (χ2n) is 4.65. The van der Waals surface area contributed by atoms with Gasteiger partial charge < -0.3 is 9.94 Å². The zero-order chi connectivity index (χ0) is 16.3. The second-order valence-corrected chi connectivity index (χ2v) is 5.73. The maximum absolute atomic E-state index is 12.4. The number of nitrogens with zero attached hydrogens (tertiary/aromatic N) is 3. The maximum atomic E-state index is 12.4. The van der Waals surface area contributed by atoms with E-state index < -0.39 is 11.5 Å². The van der Waals surface area contributed by atoms with Crippen molar-refractivity contribution in [3.63, 3.8) is 0 Å². The molecule has 2 aromatic rings. The highest BCUT2D eigenvalue weighted by molar-refractivity contribution is 14.1. The van der Waals surface area contributed by atoms with Crippen molar-refractivity contribution in [1.29, 1.82) is 0 Å². The topological polar surface area (TPSA) is 94.3 Å². The van der Waals surface area contributed by atoms with Gasteiger partial charge in [0.05, 0.1) is 11.1 Å². The largest absolute Gasteiger partial charge is 0.477 e. The smallest absolute Gasteiger partial charge is 0.342 e. The molecule has 2 rings (SSSR count). The molecule has 118 valence electrons. The average Bonchev–Trinajstić information content (AvgIpc) is 2.49. The fraction of sp³-hybridized carbons (Fsp3) is 0.429. The van der Waals surface area contributed by atoms with Crippen LogP contribution in [0.25, 0.3) is 11.0 Å². The first-order chi connectivity index (χ1) is 10.5. The molecule has 0 aromatic carbocycles. The molecule has 0 spiro atoms. The Morgan fingerprint density at radius 3 is 2.73 bits per heavy atom. The van der Waals surface area contributed by atoms with E-state index in [1.54, 1.807) is 0 Å². The van der Waals surface area contributed by atoms with Crippen LogP contribution in [0.2, 0.25) is 0 Å². The Bertz CT molecular complexity index is 773. The third kappa shape index (κ3) is 2.92. The van der Waals surface area contributed by atoms with E-state index in [0.29, 0.717) is 33.3 Å². The number of rotatable bonds is 6. The number of pyridine rings is 1. The van der Waals surface area contributed by atoms with Crippen LogP contribution in [0.3, 0.4) is 0 Å². The molecule has 0 aliphatic rings. The highest BCUT2D eigenvalue weighted by Gasteiger charge is 2.23. The van der Waals surface area contributed by atoms with Gasteiger partial charge in [-0.3, -0.25) is 4.79 Å². The van der Waals surface area contributed by atoms with Gasteiger partial charge in [0.25, 0.3) is 0 Å². The van der Waals surface area contributed by atoms with Crippen molar-refractivity contribution in [3.8, 4) is 0 Å². The van der Waals surface area contributed by atoms with Crippen molar-refractivity contribution < 1.29 is 14.7 Å². The molecule has 8 heteroatoms. The van der Waals surface area contributed by atoms with Gasteiger partial charge in [-0.15, -0.1) is 4.73 Å². The number of aromatic carboxylic acids is 1. The number of carbonyl (C=O) groups is 1. The number of carboxylic acids is 1. The third-order valence-corrected chi connectivity index (χ3v) is 4.28. The maximum Gasteiger partial charge on any atom is 0.342 e. The van der Waals surface area contributed by atoms with Gasteiger partial charge in [0.1, 0.15) is 18.5 Å². The van der Waals surface area contributed by atoms with Crippen LogP contribution in [0.15, 0.2) is 11.1 Å². The molecule has 0 amide bonds. The summed E-state index contributed by atoms with van der Waals surface area (Å²) >= 11 is 1.86. The summed E-state index contributed by atoms with van der Waals surface area (Å²) in [6, 6.07) is 0. The molecule has 0 bridgehead atoms. The van der Waals surface area contributed by atoms with Crippen LogP contribution in [-0.2, 0) is 6.42 Å². The molecule has 1 N–H and O–H groups in total. The lowest BCUT2D eigenvalue weighted by Gasteiger charge is -2.14. The molecule has 2 heterocycles. The molecule has 0 atom stereocenters. The Morgan fingerprint density at radius 1 is 1.41 bits per heavy atom. The van der Waals surface area contributed by atoms with Gasteiger partial charge in [0, 0.05) is 3.57 Å². The molecule has 0 saturated heterocycles. The van der Waals surface area contributed by atoms with E-state index in [2.05, 4.69) is 9.97 Å². The summed E-state index contributed by atoms with van der Waals surface area (Å²) in [5, 5.41) is 9.91. The first-order valence-corrected chi connectivity index (χ1v) is 8.05. The normalized spacial score (nSPS) is 10.9. The first kappa shape index (κ1) is 16.7. The summed E-state index contributed by atoms with van der Waals surface area (Å²) in [4.78, 5) is 37.7. The van der Waals surface area contributed by atoms with E-state index in [4.69, 9.17) is 4.84 Å². The predicted octanol–water partition coefficient (Wildman–Crippen LogP) is 1.89. The predicted molar refractivity (Wildman–Crippen MR) is 89.2 cm³/mol. The van der Waals surface area contributed by atoms with E-state index in [0.717, 1.165) is 17.6 Å². The highest BCUT2D eigenvalue weighted by atomic mass is 127. The standard InChI is InChI=1S/C14H16IN3O4/c1-3-5-6-22-18-12-9(8(4-2)16-7-17-12)11(15)10(13(18)19)14(20)21/h7H,3-6H2,1-2H3,(H,20,21). The Kier molecular flexibility index (Phi) is 5.33. The molecule has 0 saturated carbocycles. The minimum atomic E-state index is -1.28. The Balaban J connectivity index is 2.81. The Morgan fingerprint density at radius 2 is 2.14 bits per heavy atom. The van der Waals surface area contributed by atoms with Gasteiger partial charge in [-0.25, -0.2) is 14.8 Å². The summed E-state index contributed by atoms with van der Waals surface area (Å²) in [5.74, 6) is -1.28. The lowest BCUT2D eigenvalue weighted by atomic mass is 10.1. The fourth-order valence-electron chi connectivity index (χ4n) is 2.08. The fourth-order valence-corrected chi connectivity index (χ4v) is 3.09. The number of aryl methyl sites for hydroxylation is 1. The van der Waals surface area contributed by atoms with E-state index in [-0.39, 0.29) is 5.56 Å². The van der Waals surface area contributed by atoms with E-state index >= 15 is 0 Å². The number of unbranched alkanes of at least 4 members (excludes halogenated alkanes) is 1. The number of aromatic nitrogens is 3. The summed E-state index contributed by atoms with van der Waals surface area (Å²) in [7, 11) is 0. The van der Waals surface area contributed by atoms with E-state index in [9.17, 15) is 14.7 Å². The number of fused-ring (bicyclic) bond motifs is 1. The highest BCUT2D eigenvalue weighted by Crippen LogP contribution is 2.23. The van der Waals surface area contributed by atoms with Crippen LogP contribution in [-0.4, -0.2) is 32.4 Å². The quantitative estimate of drug-likeness (QED) is 0.570. The summed E-state index contributed by atoms with van der Waals surface area (Å²) in [6.45, 7) is 4.22. The second kappa shape index (κ2) is 7.03. The van der Waals surface area contributed by atoms with Crippen molar-refractivity contribution in [2.24, 2.45) is 0 Å². The minimum absolute atomic E-state index is 0.308. The third-order valence-electron chi connectivity index (χ3n) is 3.20. The van der Waals surface area contributed by atoms with Crippen molar-refractivity contribution in [1.82, 2.24) is 14.7 Å². The van der Waals surface area contributed by atoms with Crippen LogP contribution in [0, 0.1) is 3.57 Å². The molecule has 0 radical (unpaired) electrons. The van der Waals surface area contributed by atoms with Crippen molar-refractivity contribution in [3.05, 3.63) is 31.5 Å². The summed E-state index contributed by atoms with van der Waals surface area (Å²) < 4.78 is 1.33. The van der Waals surface area contributed by atoms with Crippen LogP contribution in [0.1, 0.15) is 42.7 Å². The van der Waals surface area contributed by atoms with Gasteiger partial charge in [0.2, 0.25) is 0 Å². The molecule has 0 aliphatic carbocycles. The minimum Gasteiger partial charge on any atom is -0.477 e. The molecule has 0 fully saturated rings. The van der Waals surface area contributed by atoms with Crippen molar-refractivity contribution in [2.45, 2.75) is 33.1 Å². The van der Waals surface area contributed by atoms with Gasteiger partial charge in [0.15, 0.2) is 5.65 Å². The van der Waals surface area contributed by atoms with Crippen LogP contribution in [0.5, 0.6) is 0 Å². The monoisotopic (exact) mass is 417 g/mol. The van der Waals surface area contributed by atoms with Crippen LogP contribution in [0.4, 0.5) is 0 Å². The van der Waals surface area contributed by atoms with Gasteiger partial charge in [-0.05, 0) is 35.4 Å². The van der Waals surface area contributed by atoms with E-state index in [1.165, 1.54) is 6.33 Å². The van der Waals surface area contributed by atoms with Gasteiger partial charge in [-0.1, -0.05) is 20.3 Å². The number of hydrogen-bond acceptors (Lipinski definition) is 5. The average molecular weight is 417 g/mol. The van der Waals surface area contributed by atoms with Crippen molar-refractivity contribution in [2.75, 3.05) is 6.61 Å². The van der Waals surface area contributed by atoms with Gasteiger partial charge in [-0.2, -0.15) is 0 Å². The number of halogens is 1. The molecule has 2 aromatic heterocycles. The molecular formula is C14H16IN3O4. The molecule has 7 nitrogen and oxygen atoms in total. The summed E-state index contributed by atoms with van der Waals surface area (Å²) in [6.07, 6.45) is 3.62. The lowest BCUT2D eigenvalue weighted by molar-refractivity contribution is 0.0680. The Hall–Kier alpha value is -1.71. The molecular weight excluding hydrogens is 401 g/mol. The van der Waals surface area contributed by atoms with Crippen LogP contribution >= 0.6 is 22.6 Å². The number of hydrogen-bond donors (Lipinski definition) is 1. The molecule has 0 unspecified atom stereocenters. The first-order valence-electron chi connectivity index (χ1n) is 6.97.